The summed E-state index contributed by atoms with van der Waals surface area (Å²) in [5, 5.41) is 2.53. The van der Waals surface area contributed by atoms with Gasteiger partial charge in [0.05, 0.1) is 0 Å². The number of aromatic amines is 1. The van der Waals surface area contributed by atoms with Crippen molar-refractivity contribution in [2.75, 3.05) is 5.32 Å². The second kappa shape index (κ2) is 7.23. The zero-order chi connectivity index (χ0) is 16.8. The number of rotatable bonds is 5. The molecule has 2 aromatic carbocycles. The van der Waals surface area contributed by atoms with Gasteiger partial charge in [0, 0.05) is 17.8 Å². The van der Waals surface area contributed by atoms with E-state index in [1.165, 1.54) is 12.3 Å². The molecule has 1 aromatic heterocycles. The van der Waals surface area contributed by atoms with Crippen LogP contribution < -0.4 is 15.6 Å². The van der Waals surface area contributed by atoms with Crippen molar-refractivity contribution in [2.45, 2.75) is 6.61 Å². The van der Waals surface area contributed by atoms with Crippen LogP contribution in [0.2, 0.25) is 0 Å². The van der Waals surface area contributed by atoms with Crippen molar-refractivity contribution in [3.63, 3.8) is 0 Å². The van der Waals surface area contributed by atoms with Gasteiger partial charge in [0.1, 0.15) is 12.4 Å². The summed E-state index contributed by atoms with van der Waals surface area (Å²) in [6.07, 6.45) is 1.33. The van der Waals surface area contributed by atoms with Gasteiger partial charge >= 0.3 is 0 Å². The Bertz CT molecular complexity index is 874. The lowest BCUT2D eigenvalue weighted by Crippen LogP contribution is -2.17. The molecule has 0 atom stereocenters. The molecule has 0 aliphatic carbocycles. The summed E-state index contributed by atoms with van der Waals surface area (Å²) in [6, 6.07) is 17.8. The summed E-state index contributed by atoms with van der Waals surface area (Å²) in [6.45, 7) is 0.460. The largest absolute Gasteiger partial charge is 0.489 e. The van der Waals surface area contributed by atoms with Gasteiger partial charge in [0.25, 0.3) is 11.5 Å². The minimum atomic E-state index is -0.362. The molecule has 0 bridgehead atoms. The third-order valence-electron chi connectivity index (χ3n) is 3.27. The van der Waals surface area contributed by atoms with Crippen molar-refractivity contribution in [3.05, 3.63) is 88.3 Å². The van der Waals surface area contributed by atoms with Gasteiger partial charge in [0.15, 0.2) is 0 Å². The number of aromatic nitrogens is 2. The molecular weight excluding hydrogens is 306 g/mol. The molecule has 1 amide bonds. The molecule has 120 valence electrons. The SMILES string of the molecule is O=C(Nc1nccc(=O)[nH]1)c1ccc(OCc2ccccc2)cc1. The lowest BCUT2D eigenvalue weighted by Gasteiger charge is -2.07. The maximum atomic E-state index is 12.1. The van der Waals surface area contributed by atoms with Crippen LogP contribution in [0.4, 0.5) is 5.95 Å². The lowest BCUT2D eigenvalue weighted by molar-refractivity contribution is 0.102. The van der Waals surface area contributed by atoms with Crippen molar-refractivity contribution >= 4 is 11.9 Å². The topological polar surface area (TPSA) is 84.1 Å². The van der Waals surface area contributed by atoms with E-state index >= 15 is 0 Å². The Labute approximate surface area is 138 Å². The molecule has 0 saturated heterocycles. The number of nitrogens with one attached hydrogen (secondary N) is 2. The average molecular weight is 321 g/mol. The van der Waals surface area contributed by atoms with Gasteiger partial charge in [-0.3, -0.25) is 19.9 Å². The van der Waals surface area contributed by atoms with Crippen LogP contribution in [0.1, 0.15) is 15.9 Å². The van der Waals surface area contributed by atoms with E-state index in [1.807, 2.05) is 30.3 Å². The molecule has 3 aromatic rings. The number of carbonyl (C=O) groups excluding carboxylic acids is 1. The summed E-state index contributed by atoms with van der Waals surface area (Å²) >= 11 is 0. The zero-order valence-electron chi connectivity index (χ0n) is 12.7. The van der Waals surface area contributed by atoms with Crippen molar-refractivity contribution in [1.29, 1.82) is 0 Å². The fourth-order valence-electron chi connectivity index (χ4n) is 2.06. The van der Waals surface area contributed by atoms with Crippen molar-refractivity contribution in [1.82, 2.24) is 9.97 Å². The Kier molecular flexibility index (Phi) is 4.67. The maximum Gasteiger partial charge on any atom is 0.257 e. The molecule has 2 N–H and O–H groups in total. The van der Waals surface area contributed by atoms with Crippen molar-refractivity contribution in [3.8, 4) is 5.75 Å². The molecule has 6 nitrogen and oxygen atoms in total. The Balaban J connectivity index is 1.61. The van der Waals surface area contributed by atoms with Gasteiger partial charge in [-0.1, -0.05) is 30.3 Å². The van der Waals surface area contributed by atoms with Crippen LogP contribution in [0, 0.1) is 0 Å². The number of amides is 1. The Hall–Kier alpha value is -3.41. The average Bonchev–Trinajstić information content (AvgIpc) is 2.61. The zero-order valence-corrected chi connectivity index (χ0v) is 12.7. The van der Waals surface area contributed by atoms with Crippen molar-refractivity contribution < 1.29 is 9.53 Å². The number of benzene rings is 2. The molecule has 3 rings (SSSR count). The van der Waals surface area contributed by atoms with Gasteiger partial charge in [0.2, 0.25) is 5.95 Å². The Morgan fingerprint density at radius 3 is 2.50 bits per heavy atom. The molecule has 0 aliphatic rings. The Morgan fingerprint density at radius 1 is 1.04 bits per heavy atom. The molecule has 0 saturated carbocycles. The number of hydrogen-bond acceptors (Lipinski definition) is 4. The summed E-state index contributed by atoms with van der Waals surface area (Å²) in [5.41, 5.74) is 1.18. The van der Waals surface area contributed by atoms with Gasteiger partial charge in [-0.25, -0.2) is 4.98 Å². The summed E-state index contributed by atoms with van der Waals surface area (Å²) in [5.74, 6) is 0.414. The Morgan fingerprint density at radius 2 is 1.79 bits per heavy atom. The number of nitrogens with zero attached hydrogens (tertiary/aromatic N) is 1. The number of H-pyrrole nitrogens is 1. The van der Waals surface area contributed by atoms with E-state index in [0.29, 0.717) is 17.9 Å². The van der Waals surface area contributed by atoms with Crippen LogP contribution in [-0.4, -0.2) is 15.9 Å². The minimum absolute atomic E-state index is 0.108. The van der Waals surface area contributed by atoms with E-state index in [9.17, 15) is 9.59 Å². The van der Waals surface area contributed by atoms with Crippen LogP contribution in [0.25, 0.3) is 0 Å². The lowest BCUT2D eigenvalue weighted by atomic mass is 10.2. The quantitative estimate of drug-likeness (QED) is 0.756. The number of carbonyl (C=O) groups is 1. The standard InChI is InChI=1S/C18H15N3O3/c22-16-10-11-19-18(20-16)21-17(23)14-6-8-15(9-7-14)24-12-13-4-2-1-3-5-13/h1-11H,12H2,(H2,19,20,21,22,23). The highest BCUT2D eigenvalue weighted by atomic mass is 16.5. The summed E-state index contributed by atoms with van der Waals surface area (Å²) in [7, 11) is 0. The summed E-state index contributed by atoms with van der Waals surface area (Å²) < 4.78 is 5.67. The molecular formula is C18H15N3O3. The van der Waals surface area contributed by atoms with Crippen LogP contribution in [0.3, 0.4) is 0 Å². The summed E-state index contributed by atoms with van der Waals surface area (Å²) in [4.78, 5) is 29.6. The first-order valence-electron chi connectivity index (χ1n) is 7.34. The van der Waals surface area contributed by atoms with Crippen LogP contribution in [-0.2, 0) is 6.61 Å². The maximum absolute atomic E-state index is 12.1. The molecule has 0 unspecified atom stereocenters. The second-order valence-electron chi connectivity index (χ2n) is 5.04. The van der Waals surface area contributed by atoms with E-state index in [-0.39, 0.29) is 17.4 Å². The predicted molar refractivity (Wildman–Crippen MR) is 90.0 cm³/mol. The number of ether oxygens (including phenoxy) is 1. The smallest absolute Gasteiger partial charge is 0.257 e. The first kappa shape index (κ1) is 15.5. The van der Waals surface area contributed by atoms with E-state index in [1.54, 1.807) is 24.3 Å². The molecule has 0 fully saturated rings. The van der Waals surface area contributed by atoms with Gasteiger partial charge in [-0.15, -0.1) is 0 Å². The van der Waals surface area contributed by atoms with E-state index in [0.717, 1.165) is 5.56 Å². The number of hydrogen-bond donors (Lipinski definition) is 2. The molecule has 1 heterocycles. The molecule has 24 heavy (non-hydrogen) atoms. The van der Waals surface area contributed by atoms with Crippen LogP contribution >= 0.6 is 0 Å². The predicted octanol–water partition coefficient (Wildman–Crippen LogP) is 2.60. The second-order valence-corrected chi connectivity index (χ2v) is 5.04. The molecule has 0 spiro atoms. The van der Waals surface area contributed by atoms with E-state index in [2.05, 4.69) is 15.3 Å². The highest BCUT2D eigenvalue weighted by Crippen LogP contribution is 2.15. The van der Waals surface area contributed by atoms with E-state index < -0.39 is 0 Å². The normalized spacial score (nSPS) is 10.2. The van der Waals surface area contributed by atoms with Gasteiger partial charge < -0.3 is 4.74 Å². The monoisotopic (exact) mass is 321 g/mol. The van der Waals surface area contributed by atoms with Gasteiger partial charge in [-0.2, -0.15) is 0 Å². The van der Waals surface area contributed by atoms with Crippen LogP contribution in [0.15, 0.2) is 71.7 Å². The first-order chi connectivity index (χ1) is 11.7. The number of anilines is 1. The van der Waals surface area contributed by atoms with E-state index in [4.69, 9.17) is 4.74 Å². The van der Waals surface area contributed by atoms with Crippen molar-refractivity contribution in [2.24, 2.45) is 0 Å². The minimum Gasteiger partial charge on any atom is -0.489 e. The first-order valence-corrected chi connectivity index (χ1v) is 7.34. The fourth-order valence-corrected chi connectivity index (χ4v) is 2.06. The molecule has 0 radical (unpaired) electrons. The molecule has 6 heteroatoms. The van der Waals surface area contributed by atoms with Gasteiger partial charge in [-0.05, 0) is 29.8 Å². The highest BCUT2D eigenvalue weighted by Gasteiger charge is 2.07. The fraction of sp³-hybridized carbons (Fsp3) is 0.0556. The molecule has 0 aliphatic heterocycles. The third kappa shape index (κ3) is 4.07. The van der Waals surface area contributed by atoms with Crippen LogP contribution in [0.5, 0.6) is 5.75 Å². The third-order valence-corrected chi connectivity index (χ3v) is 3.27. The highest BCUT2D eigenvalue weighted by molar-refractivity contribution is 6.03.